The second kappa shape index (κ2) is 7.41. The number of aliphatic hydroxyl groups excluding tert-OH is 1. The number of carbonyl (C=O) groups is 1. The lowest BCUT2D eigenvalue weighted by Gasteiger charge is -2.20. The maximum Gasteiger partial charge on any atom is 0.260 e. The summed E-state index contributed by atoms with van der Waals surface area (Å²) in [6.45, 7) is 2.37. The summed E-state index contributed by atoms with van der Waals surface area (Å²) in [5.41, 5.74) is 0. The molecule has 4 nitrogen and oxygen atoms in total. The Labute approximate surface area is 124 Å². The van der Waals surface area contributed by atoms with Crippen LogP contribution < -0.4 is 10.1 Å². The van der Waals surface area contributed by atoms with Gasteiger partial charge in [-0.3, -0.25) is 4.79 Å². The maximum absolute atomic E-state index is 13.0. The predicted octanol–water partition coefficient (Wildman–Crippen LogP) is 2.12. The lowest BCUT2D eigenvalue weighted by molar-refractivity contribution is -0.127. The molecular weight excluding hydrogens is 273 g/mol. The lowest BCUT2D eigenvalue weighted by Crippen LogP contribution is -2.39. The number of hydrogen-bond acceptors (Lipinski definition) is 3. The number of aliphatic hydroxyl groups is 1. The first-order valence-corrected chi connectivity index (χ1v) is 7.41. The third kappa shape index (κ3) is 4.43. The zero-order valence-corrected chi connectivity index (χ0v) is 12.2. The second-order valence-corrected chi connectivity index (χ2v) is 5.60. The number of ether oxygens (including phenoxy) is 1. The molecule has 3 atom stereocenters. The molecule has 116 valence electrons. The fourth-order valence-electron chi connectivity index (χ4n) is 2.80. The van der Waals surface area contributed by atoms with E-state index in [4.69, 9.17) is 4.74 Å². The van der Waals surface area contributed by atoms with Crippen molar-refractivity contribution < 1.29 is 19.0 Å². The molecule has 0 spiro atoms. The van der Waals surface area contributed by atoms with Gasteiger partial charge in [-0.1, -0.05) is 12.5 Å². The highest BCUT2D eigenvalue weighted by atomic mass is 19.1. The monoisotopic (exact) mass is 295 g/mol. The van der Waals surface area contributed by atoms with Crippen molar-refractivity contribution in [3.63, 3.8) is 0 Å². The Morgan fingerprint density at radius 3 is 2.95 bits per heavy atom. The standard InChI is InChI=1S/C16H22FNO3/c1-11(21-15-7-3-6-14(17)8-15)16(20)18-9-12-4-2-5-13(12)10-19/h3,6-8,11-13,19H,2,4-5,9-10H2,1H3,(H,18,20). The number of carbonyl (C=O) groups excluding carboxylic acids is 1. The van der Waals surface area contributed by atoms with Crippen molar-refractivity contribution >= 4 is 5.91 Å². The lowest BCUT2D eigenvalue weighted by atomic mass is 9.97. The average molecular weight is 295 g/mol. The van der Waals surface area contributed by atoms with Crippen LogP contribution >= 0.6 is 0 Å². The minimum Gasteiger partial charge on any atom is -0.481 e. The largest absolute Gasteiger partial charge is 0.481 e. The van der Waals surface area contributed by atoms with Crippen molar-refractivity contribution in [2.45, 2.75) is 32.3 Å². The molecule has 1 saturated carbocycles. The van der Waals surface area contributed by atoms with Gasteiger partial charge in [0.2, 0.25) is 0 Å². The summed E-state index contributed by atoms with van der Waals surface area (Å²) in [5, 5.41) is 12.1. The van der Waals surface area contributed by atoms with Crippen LogP contribution in [0.2, 0.25) is 0 Å². The minimum absolute atomic E-state index is 0.176. The van der Waals surface area contributed by atoms with Crippen LogP contribution in [-0.2, 0) is 4.79 Å². The van der Waals surface area contributed by atoms with Crippen LogP contribution in [0.4, 0.5) is 4.39 Å². The van der Waals surface area contributed by atoms with Crippen LogP contribution in [0.15, 0.2) is 24.3 Å². The molecule has 0 heterocycles. The van der Waals surface area contributed by atoms with Gasteiger partial charge in [-0.05, 0) is 43.7 Å². The molecule has 21 heavy (non-hydrogen) atoms. The zero-order chi connectivity index (χ0) is 15.2. The summed E-state index contributed by atoms with van der Waals surface area (Å²) in [5.74, 6) is 0.344. The van der Waals surface area contributed by atoms with Crippen LogP contribution in [0.3, 0.4) is 0 Å². The van der Waals surface area contributed by atoms with Crippen molar-refractivity contribution in [1.29, 1.82) is 0 Å². The molecule has 0 aromatic heterocycles. The van der Waals surface area contributed by atoms with Gasteiger partial charge in [-0.15, -0.1) is 0 Å². The number of benzene rings is 1. The topological polar surface area (TPSA) is 58.6 Å². The molecule has 1 aromatic rings. The number of amides is 1. The van der Waals surface area contributed by atoms with Crippen LogP contribution in [0, 0.1) is 17.7 Å². The van der Waals surface area contributed by atoms with E-state index in [1.165, 1.54) is 12.1 Å². The summed E-state index contributed by atoms with van der Waals surface area (Å²) in [4.78, 5) is 12.0. The Kier molecular flexibility index (Phi) is 5.56. The molecule has 0 bridgehead atoms. The Bertz CT molecular complexity index is 480. The van der Waals surface area contributed by atoms with Crippen molar-refractivity contribution in [3.8, 4) is 5.75 Å². The van der Waals surface area contributed by atoms with Crippen molar-refractivity contribution in [2.24, 2.45) is 11.8 Å². The van der Waals surface area contributed by atoms with E-state index in [0.29, 0.717) is 18.2 Å². The van der Waals surface area contributed by atoms with E-state index in [1.54, 1.807) is 19.1 Å². The first-order chi connectivity index (χ1) is 10.1. The molecular formula is C16H22FNO3. The highest BCUT2D eigenvalue weighted by Crippen LogP contribution is 2.30. The summed E-state index contributed by atoms with van der Waals surface area (Å²) >= 11 is 0. The van der Waals surface area contributed by atoms with Crippen LogP contribution in [0.1, 0.15) is 26.2 Å². The first kappa shape index (κ1) is 15.8. The van der Waals surface area contributed by atoms with Crippen LogP contribution in [0.25, 0.3) is 0 Å². The smallest absolute Gasteiger partial charge is 0.260 e. The highest BCUT2D eigenvalue weighted by Gasteiger charge is 2.27. The quantitative estimate of drug-likeness (QED) is 0.845. The van der Waals surface area contributed by atoms with Gasteiger partial charge in [-0.25, -0.2) is 4.39 Å². The number of halogens is 1. The Balaban J connectivity index is 1.80. The highest BCUT2D eigenvalue weighted by molar-refractivity contribution is 5.80. The molecule has 0 saturated heterocycles. The Morgan fingerprint density at radius 1 is 1.48 bits per heavy atom. The fourth-order valence-corrected chi connectivity index (χ4v) is 2.80. The van der Waals surface area contributed by atoms with Gasteiger partial charge in [0.25, 0.3) is 5.91 Å². The number of rotatable bonds is 6. The molecule has 1 aliphatic carbocycles. The minimum atomic E-state index is -0.680. The van der Waals surface area contributed by atoms with Crippen LogP contribution in [0.5, 0.6) is 5.75 Å². The van der Waals surface area contributed by atoms with Crippen molar-refractivity contribution in [3.05, 3.63) is 30.1 Å². The summed E-state index contributed by atoms with van der Waals surface area (Å²) in [6, 6.07) is 5.74. The van der Waals surface area contributed by atoms with E-state index in [2.05, 4.69) is 5.32 Å². The summed E-state index contributed by atoms with van der Waals surface area (Å²) in [7, 11) is 0. The Hall–Kier alpha value is -1.62. The molecule has 0 aliphatic heterocycles. The molecule has 1 aliphatic rings. The predicted molar refractivity (Wildman–Crippen MR) is 77.4 cm³/mol. The summed E-state index contributed by atoms with van der Waals surface area (Å²) < 4.78 is 18.5. The average Bonchev–Trinajstić information content (AvgIpc) is 2.92. The van der Waals surface area contributed by atoms with E-state index in [0.717, 1.165) is 19.3 Å². The fraction of sp³-hybridized carbons (Fsp3) is 0.562. The van der Waals surface area contributed by atoms with Gasteiger partial charge in [-0.2, -0.15) is 0 Å². The van der Waals surface area contributed by atoms with Crippen molar-refractivity contribution in [1.82, 2.24) is 5.32 Å². The third-order valence-electron chi connectivity index (χ3n) is 4.07. The van der Waals surface area contributed by atoms with Gasteiger partial charge in [0.1, 0.15) is 11.6 Å². The summed E-state index contributed by atoms with van der Waals surface area (Å²) in [6.07, 6.45) is 2.47. The molecule has 1 fully saturated rings. The molecule has 5 heteroatoms. The maximum atomic E-state index is 13.0. The van der Waals surface area contributed by atoms with Gasteiger partial charge in [0.05, 0.1) is 0 Å². The van der Waals surface area contributed by atoms with Gasteiger partial charge in [0.15, 0.2) is 6.10 Å². The molecule has 3 unspecified atom stereocenters. The van der Waals surface area contributed by atoms with Gasteiger partial charge in [0, 0.05) is 19.2 Å². The van der Waals surface area contributed by atoms with Gasteiger partial charge < -0.3 is 15.2 Å². The molecule has 2 N–H and O–H groups in total. The van der Waals surface area contributed by atoms with Gasteiger partial charge >= 0.3 is 0 Å². The van der Waals surface area contributed by atoms with E-state index in [-0.39, 0.29) is 18.4 Å². The van der Waals surface area contributed by atoms with E-state index >= 15 is 0 Å². The van der Waals surface area contributed by atoms with E-state index in [9.17, 15) is 14.3 Å². The number of hydrogen-bond donors (Lipinski definition) is 2. The SMILES string of the molecule is CC(Oc1cccc(F)c1)C(=O)NCC1CCCC1CO. The van der Waals surface area contributed by atoms with Crippen molar-refractivity contribution in [2.75, 3.05) is 13.2 Å². The van der Waals surface area contributed by atoms with Crippen LogP contribution in [-0.4, -0.2) is 30.3 Å². The first-order valence-electron chi connectivity index (χ1n) is 7.41. The molecule has 2 rings (SSSR count). The Morgan fingerprint density at radius 2 is 2.24 bits per heavy atom. The van der Waals surface area contributed by atoms with E-state index in [1.807, 2.05) is 0 Å². The molecule has 1 amide bonds. The normalized spacial score (nSPS) is 22.8. The van der Waals surface area contributed by atoms with E-state index < -0.39 is 11.9 Å². The second-order valence-electron chi connectivity index (χ2n) is 5.60. The molecule has 0 radical (unpaired) electrons. The third-order valence-corrected chi connectivity index (χ3v) is 4.07. The molecule has 1 aromatic carbocycles. The zero-order valence-electron chi connectivity index (χ0n) is 12.2. The number of nitrogens with one attached hydrogen (secondary N) is 1.